The van der Waals surface area contributed by atoms with Gasteiger partial charge in [0.1, 0.15) is 17.7 Å². The van der Waals surface area contributed by atoms with Gasteiger partial charge in [-0.15, -0.1) is 0 Å². The van der Waals surface area contributed by atoms with Crippen LogP contribution in [0.25, 0.3) is 0 Å². The number of hydrogen-bond acceptors (Lipinski definition) is 7. The fraction of sp³-hybridized carbons (Fsp3) is 0.323. The number of amides is 1. The maximum absolute atomic E-state index is 16.1. The zero-order valence-corrected chi connectivity index (χ0v) is 22.5. The molecule has 1 amide bonds. The number of alkyl halides is 1. The summed E-state index contributed by atoms with van der Waals surface area (Å²) in [4.78, 5) is 35.7. The zero-order valence-electron chi connectivity index (χ0n) is 22.5. The van der Waals surface area contributed by atoms with Crippen LogP contribution >= 0.6 is 0 Å². The topological polar surface area (TPSA) is 100 Å². The van der Waals surface area contributed by atoms with Gasteiger partial charge in [-0.1, -0.05) is 91.0 Å². The molecule has 0 spiro atoms. The molecule has 210 valence electrons. The molecule has 1 fully saturated rings. The molecule has 9 heteroatoms. The fourth-order valence-corrected chi connectivity index (χ4v) is 4.98. The van der Waals surface area contributed by atoms with E-state index >= 15 is 4.39 Å². The lowest BCUT2D eigenvalue weighted by atomic mass is 9.80. The molecule has 1 saturated heterocycles. The van der Waals surface area contributed by atoms with E-state index in [0.717, 1.165) is 30.5 Å². The minimum Gasteiger partial charge on any atom is -0.457 e. The van der Waals surface area contributed by atoms with Crippen molar-refractivity contribution in [3.8, 4) is 0 Å². The molecule has 3 aromatic rings. The summed E-state index contributed by atoms with van der Waals surface area (Å²) in [6.45, 7) is 3.19. The van der Waals surface area contributed by atoms with Gasteiger partial charge in [0.2, 0.25) is 12.2 Å². The monoisotopic (exact) mass is 549 g/mol. The van der Waals surface area contributed by atoms with E-state index in [1.807, 2.05) is 91.0 Å². The lowest BCUT2D eigenvalue weighted by molar-refractivity contribution is -0.261. The van der Waals surface area contributed by atoms with E-state index in [0.29, 0.717) is 0 Å². The van der Waals surface area contributed by atoms with Crippen molar-refractivity contribution in [2.24, 2.45) is 0 Å². The number of ether oxygens (including phenoxy) is 4. The Balaban J connectivity index is 1.76. The second-order valence-electron chi connectivity index (χ2n) is 9.49. The average molecular weight is 550 g/mol. The third kappa shape index (κ3) is 6.38. The molecule has 5 atom stereocenters. The second-order valence-corrected chi connectivity index (χ2v) is 9.49. The molecular weight excluding hydrogens is 517 g/mol. The fourth-order valence-electron chi connectivity index (χ4n) is 4.98. The molecule has 1 aliphatic rings. The van der Waals surface area contributed by atoms with Crippen LogP contribution in [0.1, 0.15) is 37.5 Å². The first kappa shape index (κ1) is 28.9. The van der Waals surface area contributed by atoms with E-state index in [1.54, 1.807) is 0 Å². The van der Waals surface area contributed by atoms with E-state index in [1.165, 1.54) is 6.92 Å². The van der Waals surface area contributed by atoms with Crippen molar-refractivity contribution in [1.29, 1.82) is 0 Å². The van der Waals surface area contributed by atoms with Crippen LogP contribution in [0.15, 0.2) is 91.0 Å². The summed E-state index contributed by atoms with van der Waals surface area (Å²) in [5, 5.41) is 2.49. The molecule has 3 aromatic carbocycles. The predicted molar refractivity (Wildman–Crippen MR) is 144 cm³/mol. The molecule has 1 N–H and O–H groups in total. The lowest BCUT2D eigenvalue weighted by Gasteiger charge is -2.44. The number of esters is 2. The summed E-state index contributed by atoms with van der Waals surface area (Å²) in [6.07, 6.45) is -6.17. The lowest BCUT2D eigenvalue weighted by Crippen LogP contribution is -2.65. The summed E-state index contributed by atoms with van der Waals surface area (Å²) < 4.78 is 39.2. The van der Waals surface area contributed by atoms with Crippen LogP contribution in [0.3, 0.4) is 0 Å². The summed E-state index contributed by atoms with van der Waals surface area (Å²) in [5.74, 6) is -2.02. The number of hydrogen-bond donors (Lipinski definition) is 1. The van der Waals surface area contributed by atoms with Crippen molar-refractivity contribution >= 4 is 17.8 Å². The Morgan fingerprint density at radius 1 is 0.775 bits per heavy atom. The highest BCUT2D eigenvalue weighted by Crippen LogP contribution is 2.41. The van der Waals surface area contributed by atoms with Crippen molar-refractivity contribution in [2.45, 2.75) is 57.1 Å². The molecule has 40 heavy (non-hydrogen) atoms. The van der Waals surface area contributed by atoms with Crippen LogP contribution in [-0.4, -0.2) is 55.2 Å². The summed E-state index contributed by atoms with van der Waals surface area (Å²) >= 11 is 0. The van der Waals surface area contributed by atoms with Gasteiger partial charge in [0.15, 0.2) is 12.3 Å². The van der Waals surface area contributed by atoms with Crippen LogP contribution in [0.5, 0.6) is 0 Å². The van der Waals surface area contributed by atoms with E-state index in [4.69, 9.17) is 18.9 Å². The van der Waals surface area contributed by atoms with Crippen LogP contribution in [0, 0.1) is 0 Å². The van der Waals surface area contributed by atoms with E-state index in [9.17, 15) is 14.4 Å². The van der Waals surface area contributed by atoms with Crippen molar-refractivity contribution in [3.05, 3.63) is 108 Å². The van der Waals surface area contributed by atoms with Crippen molar-refractivity contribution in [3.63, 3.8) is 0 Å². The Morgan fingerprint density at radius 3 is 1.62 bits per heavy atom. The number of rotatable bonds is 9. The maximum atomic E-state index is 16.1. The van der Waals surface area contributed by atoms with Crippen LogP contribution < -0.4 is 5.32 Å². The molecule has 8 nitrogen and oxygen atoms in total. The third-order valence-corrected chi connectivity index (χ3v) is 6.58. The van der Waals surface area contributed by atoms with E-state index in [-0.39, 0.29) is 6.61 Å². The van der Waals surface area contributed by atoms with E-state index in [2.05, 4.69) is 5.32 Å². The van der Waals surface area contributed by atoms with Crippen molar-refractivity contribution < 1.29 is 37.7 Å². The standard InChI is InChI=1S/C31H32FNO7/c1-20(34)33-28-29(38-21(2)35)27(32)26(40-30(28)39-22(3)36)19-37-31(23-13-7-4-8-14-23,24-15-9-5-10-16-24)25-17-11-6-12-18-25/h4-18,26-30H,19H2,1-3H3,(H,33,34)/t26-,27-,28+,29+,30+/m1/s1. The SMILES string of the molecule is CC(=O)N[C@@H]1[C@@H](OC(C)=O)O[C@H](COC(c2ccccc2)(c2ccccc2)c2ccccc2)[C@@H](F)[C@@H]1OC(C)=O. The minimum absolute atomic E-state index is 0.317. The van der Waals surface area contributed by atoms with Gasteiger partial charge in [0.25, 0.3) is 0 Å². The van der Waals surface area contributed by atoms with Crippen molar-refractivity contribution in [2.75, 3.05) is 6.61 Å². The molecule has 0 aliphatic carbocycles. The van der Waals surface area contributed by atoms with Gasteiger partial charge in [0.05, 0.1) is 6.61 Å². The number of halogens is 1. The van der Waals surface area contributed by atoms with Gasteiger partial charge in [-0.25, -0.2) is 4.39 Å². The third-order valence-electron chi connectivity index (χ3n) is 6.58. The highest BCUT2D eigenvalue weighted by Gasteiger charge is 2.51. The summed E-state index contributed by atoms with van der Waals surface area (Å²) in [7, 11) is 0. The average Bonchev–Trinajstić information content (AvgIpc) is 2.94. The van der Waals surface area contributed by atoms with Crippen molar-refractivity contribution in [1.82, 2.24) is 5.32 Å². The first-order valence-corrected chi connectivity index (χ1v) is 12.9. The molecule has 1 heterocycles. The van der Waals surface area contributed by atoms with Gasteiger partial charge < -0.3 is 24.3 Å². The van der Waals surface area contributed by atoms with Gasteiger partial charge in [-0.3, -0.25) is 14.4 Å². The first-order chi connectivity index (χ1) is 19.2. The molecule has 1 aliphatic heterocycles. The van der Waals surface area contributed by atoms with Gasteiger partial charge in [-0.05, 0) is 16.7 Å². The number of nitrogens with one attached hydrogen (secondary N) is 1. The van der Waals surface area contributed by atoms with Gasteiger partial charge >= 0.3 is 11.9 Å². The van der Waals surface area contributed by atoms with Crippen LogP contribution in [0.4, 0.5) is 4.39 Å². The summed E-state index contributed by atoms with van der Waals surface area (Å²) in [5.41, 5.74) is 1.21. The zero-order chi connectivity index (χ0) is 28.7. The van der Waals surface area contributed by atoms with Crippen LogP contribution in [-0.2, 0) is 38.9 Å². The Bertz CT molecular complexity index is 1190. The molecule has 0 aromatic heterocycles. The summed E-state index contributed by atoms with van der Waals surface area (Å²) in [6, 6.07) is 27.3. The van der Waals surface area contributed by atoms with Gasteiger partial charge in [-0.2, -0.15) is 0 Å². The molecule has 4 rings (SSSR count). The second kappa shape index (κ2) is 12.8. The Kier molecular flexibility index (Phi) is 9.29. The molecular formula is C31H32FNO7. The Hall–Kier alpha value is -4.08. The van der Waals surface area contributed by atoms with Gasteiger partial charge in [0, 0.05) is 20.8 Å². The highest BCUT2D eigenvalue weighted by atomic mass is 19.1. The molecule has 0 radical (unpaired) electrons. The number of carbonyl (C=O) groups is 3. The quantitative estimate of drug-likeness (QED) is 0.317. The first-order valence-electron chi connectivity index (χ1n) is 12.9. The number of carbonyl (C=O) groups excluding carboxylic acids is 3. The predicted octanol–water partition coefficient (Wildman–Crippen LogP) is 4.06. The maximum Gasteiger partial charge on any atom is 0.305 e. The van der Waals surface area contributed by atoms with Crippen LogP contribution in [0.2, 0.25) is 0 Å². The highest BCUT2D eigenvalue weighted by molar-refractivity contribution is 5.74. The largest absolute Gasteiger partial charge is 0.457 e. The minimum atomic E-state index is -1.92. The molecule has 0 unspecified atom stereocenters. The Morgan fingerprint density at radius 2 is 1.23 bits per heavy atom. The molecule has 0 saturated carbocycles. The normalized spacial score (nSPS) is 22.6. The van der Waals surface area contributed by atoms with E-state index < -0.39 is 54.2 Å². The number of benzene rings is 3. The smallest absolute Gasteiger partial charge is 0.305 e. The molecule has 0 bridgehead atoms. The Labute approximate surface area is 232 Å².